The van der Waals surface area contributed by atoms with Crippen LogP contribution in [0.5, 0.6) is 0 Å². The average molecular weight is 286 g/mol. The van der Waals surface area contributed by atoms with E-state index in [0.717, 1.165) is 6.61 Å². The van der Waals surface area contributed by atoms with E-state index in [1.54, 1.807) is 0 Å². The summed E-state index contributed by atoms with van der Waals surface area (Å²) < 4.78 is 6.01. The van der Waals surface area contributed by atoms with E-state index >= 15 is 0 Å². The monoisotopic (exact) mass is 285 g/mol. The Labute approximate surface area is 128 Å². The SMILES string of the molecule is CCCCCCCCCC(NC)C(OCC)C(C)(C)C. The van der Waals surface area contributed by atoms with Crippen LogP contribution in [0.4, 0.5) is 0 Å². The minimum atomic E-state index is 0.199. The molecule has 2 heteroatoms. The van der Waals surface area contributed by atoms with Crippen molar-refractivity contribution in [3.05, 3.63) is 0 Å². The van der Waals surface area contributed by atoms with Gasteiger partial charge in [0.25, 0.3) is 0 Å². The first-order valence-electron chi connectivity index (χ1n) is 8.76. The molecule has 0 radical (unpaired) electrons. The summed E-state index contributed by atoms with van der Waals surface area (Å²) >= 11 is 0. The highest BCUT2D eigenvalue weighted by Crippen LogP contribution is 2.27. The molecule has 0 aliphatic carbocycles. The lowest BCUT2D eigenvalue weighted by molar-refractivity contribution is -0.0363. The lowest BCUT2D eigenvalue weighted by atomic mass is 9.82. The first-order chi connectivity index (χ1) is 9.47. The van der Waals surface area contributed by atoms with Gasteiger partial charge in [0.05, 0.1) is 6.10 Å². The smallest absolute Gasteiger partial charge is 0.0775 e. The van der Waals surface area contributed by atoms with Crippen LogP contribution in [0.15, 0.2) is 0 Å². The third kappa shape index (κ3) is 8.97. The fourth-order valence-corrected chi connectivity index (χ4v) is 2.92. The zero-order valence-electron chi connectivity index (χ0n) is 14.9. The summed E-state index contributed by atoms with van der Waals surface area (Å²) in [5.74, 6) is 0. The fourth-order valence-electron chi connectivity index (χ4n) is 2.92. The van der Waals surface area contributed by atoms with E-state index in [4.69, 9.17) is 4.74 Å². The Hall–Kier alpha value is -0.0800. The molecule has 0 saturated carbocycles. The maximum absolute atomic E-state index is 6.01. The lowest BCUT2D eigenvalue weighted by Crippen LogP contribution is -2.47. The standard InChI is InChI=1S/C18H39NO/c1-7-9-10-11-12-13-14-15-16(19-6)17(20-8-2)18(3,4)5/h16-17,19H,7-15H2,1-6H3. The number of hydrogen-bond acceptors (Lipinski definition) is 2. The van der Waals surface area contributed by atoms with Crippen LogP contribution in [-0.2, 0) is 4.74 Å². The second-order valence-corrected chi connectivity index (χ2v) is 7.05. The van der Waals surface area contributed by atoms with Crippen molar-refractivity contribution in [2.45, 2.75) is 98.1 Å². The molecule has 2 atom stereocenters. The topological polar surface area (TPSA) is 21.3 Å². The van der Waals surface area contributed by atoms with Gasteiger partial charge in [-0.3, -0.25) is 0 Å². The molecule has 122 valence electrons. The highest BCUT2D eigenvalue weighted by Gasteiger charge is 2.31. The predicted molar refractivity (Wildman–Crippen MR) is 90.3 cm³/mol. The van der Waals surface area contributed by atoms with Gasteiger partial charge >= 0.3 is 0 Å². The molecule has 0 aromatic rings. The Morgan fingerprint density at radius 2 is 1.45 bits per heavy atom. The summed E-state index contributed by atoms with van der Waals surface area (Å²) in [5.41, 5.74) is 0.199. The molecule has 2 unspecified atom stereocenters. The van der Waals surface area contributed by atoms with E-state index < -0.39 is 0 Å². The van der Waals surface area contributed by atoms with Gasteiger partial charge in [0, 0.05) is 12.6 Å². The maximum Gasteiger partial charge on any atom is 0.0775 e. The van der Waals surface area contributed by atoms with E-state index in [2.05, 4.69) is 47.0 Å². The Bertz CT molecular complexity index is 210. The van der Waals surface area contributed by atoms with Gasteiger partial charge in [0.2, 0.25) is 0 Å². The summed E-state index contributed by atoms with van der Waals surface area (Å²) in [6.07, 6.45) is 11.2. The number of rotatable bonds is 12. The Balaban J connectivity index is 3.99. The van der Waals surface area contributed by atoms with Crippen molar-refractivity contribution < 1.29 is 4.74 Å². The number of likely N-dealkylation sites (N-methyl/N-ethyl adjacent to an activating group) is 1. The Morgan fingerprint density at radius 3 is 1.90 bits per heavy atom. The van der Waals surface area contributed by atoms with Crippen molar-refractivity contribution in [1.29, 1.82) is 0 Å². The van der Waals surface area contributed by atoms with Crippen LogP contribution >= 0.6 is 0 Å². The number of unbranched alkanes of at least 4 members (excludes halogenated alkanes) is 6. The highest BCUT2D eigenvalue weighted by molar-refractivity contribution is 4.85. The molecule has 0 amide bonds. The number of nitrogens with one attached hydrogen (secondary N) is 1. The van der Waals surface area contributed by atoms with Gasteiger partial charge < -0.3 is 10.1 Å². The first-order valence-corrected chi connectivity index (χ1v) is 8.76. The molecule has 0 fully saturated rings. The van der Waals surface area contributed by atoms with Crippen LogP contribution in [0.2, 0.25) is 0 Å². The molecule has 0 heterocycles. The number of hydrogen-bond donors (Lipinski definition) is 1. The lowest BCUT2D eigenvalue weighted by Gasteiger charge is -2.36. The van der Waals surface area contributed by atoms with Gasteiger partial charge in [-0.15, -0.1) is 0 Å². The minimum Gasteiger partial charge on any atom is -0.376 e. The summed E-state index contributed by atoms with van der Waals surface area (Å²) in [6.45, 7) is 12.0. The highest BCUT2D eigenvalue weighted by atomic mass is 16.5. The van der Waals surface area contributed by atoms with E-state index in [1.165, 1.54) is 51.4 Å². The molecule has 2 nitrogen and oxygen atoms in total. The summed E-state index contributed by atoms with van der Waals surface area (Å²) in [4.78, 5) is 0. The number of ether oxygens (including phenoxy) is 1. The van der Waals surface area contributed by atoms with Crippen LogP contribution in [0.3, 0.4) is 0 Å². The molecule has 0 saturated heterocycles. The Morgan fingerprint density at radius 1 is 0.900 bits per heavy atom. The zero-order valence-corrected chi connectivity index (χ0v) is 14.9. The average Bonchev–Trinajstić information content (AvgIpc) is 2.39. The predicted octanol–water partition coefficient (Wildman–Crippen LogP) is 5.17. The van der Waals surface area contributed by atoms with Crippen LogP contribution < -0.4 is 5.32 Å². The molecule has 0 aliphatic rings. The first kappa shape index (κ1) is 19.9. The van der Waals surface area contributed by atoms with E-state index in [0.29, 0.717) is 12.1 Å². The minimum absolute atomic E-state index is 0.199. The third-order valence-corrected chi connectivity index (χ3v) is 4.05. The van der Waals surface area contributed by atoms with Crippen molar-refractivity contribution in [3.63, 3.8) is 0 Å². The molecule has 0 spiro atoms. The van der Waals surface area contributed by atoms with Gasteiger partial charge in [0.15, 0.2) is 0 Å². The normalized spacial score (nSPS) is 15.3. The summed E-state index contributed by atoms with van der Waals surface area (Å²) in [7, 11) is 2.07. The van der Waals surface area contributed by atoms with Crippen LogP contribution in [0.25, 0.3) is 0 Å². The Kier molecular flexibility index (Phi) is 11.5. The quantitative estimate of drug-likeness (QED) is 0.500. The fraction of sp³-hybridized carbons (Fsp3) is 1.00. The van der Waals surface area contributed by atoms with Gasteiger partial charge in [-0.1, -0.05) is 72.6 Å². The molecule has 20 heavy (non-hydrogen) atoms. The van der Waals surface area contributed by atoms with Crippen molar-refractivity contribution in [1.82, 2.24) is 5.32 Å². The summed E-state index contributed by atoms with van der Waals surface area (Å²) in [5, 5.41) is 3.48. The maximum atomic E-state index is 6.01. The molecule has 0 aromatic carbocycles. The van der Waals surface area contributed by atoms with Crippen molar-refractivity contribution in [3.8, 4) is 0 Å². The van der Waals surface area contributed by atoms with Gasteiger partial charge in [-0.25, -0.2) is 0 Å². The molecular weight excluding hydrogens is 246 g/mol. The van der Waals surface area contributed by atoms with Crippen LogP contribution in [-0.4, -0.2) is 25.8 Å². The van der Waals surface area contributed by atoms with Crippen molar-refractivity contribution >= 4 is 0 Å². The van der Waals surface area contributed by atoms with Crippen molar-refractivity contribution in [2.24, 2.45) is 5.41 Å². The molecule has 0 rings (SSSR count). The van der Waals surface area contributed by atoms with Gasteiger partial charge in [-0.2, -0.15) is 0 Å². The van der Waals surface area contributed by atoms with Crippen LogP contribution in [0, 0.1) is 5.41 Å². The molecule has 1 N–H and O–H groups in total. The van der Waals surface area contributed by atoms with Crippen molar-refractivity contribution in [2.75, 3.05) is 13.7 Å². The van der Waals surface area contributed by atoms with Gasteiger partial charge in [-0.05, 0) is 25.8 Å². The second kappa shape index (κ2) is 11.6. The molecule has 0 aromatic heterocycles. The van der Waals surface area contributed by atoms with Crippen LogP contribution in [0.1, 0.15) is 86.0 Å². The largest absolute Gasteiger partial charge is 0.376 e. The molecular formula is C18H39NO. The third-order valence-electron chi connectivity index (χ3n) is 4.05. The zero-order chi connectivity index (χ0) is 15.4. The van der Waals surface area contributed by atoms with E-state index in [1.807, 2.05) is 0 Å². The summed E-state index contributed by atoms with van der Waals surface area (Å²) in [6, 6.07) is 0.477. The molecule has 0 bridgehead atoms. The van der Waals surface area contributed by atoms with Gasteiger partial charge in [0.1, 0.15) is 0 Å². The molecule has 0 aliphatic heterocycles. The van der Waals surface area contributed by atoms with E-state index in [9.17, 15) is 0 Å². The second-order valence-electron chi connectivity index (χ2n) is 7.05. The van der Waals surface area contributed by atoms with E-state index in [-0.39, 0.29) is 5.41 Å².